The van der Waals surface area contributed by atoms with Gasteiger partial charge in [0.15, 0.2) is 0 Å². The number of hydrogen-bond donors (Lipinski definition) is 0. The van der Waals surface area contributed by atoms with Crippen molar-refractivity contribution in [3.05, 3.63) is 0 Å². The predicted octanol–water partition coefficient (Wildman–Crippen LogP) is 2.76. The minimum Gasteiger partial charge on any atom is -0.462 e. The molecule has 1 aliphatic rings. The molecule has 1 rings (SSSR count). The van der Waals surface area contributed by atoms with E-state index in [1.807, 2.05) is 0 Å². The molecule has 0 bridgehead atoms. The fourth-order valence-corrected chi connectivity index (χ4v) is 2.04. The number of cyclic esters (lactones) is 1. The molecule has 0 saturated carbocycles. The standard InChI is InChI=1S/C11H20O2/c1-8(7-11(2,3)4)9-5-6-10(12)13-9/h8-9H,5-7H2,1-4H3. The molecular weight excluding hydrogens is 164 g/mol. The van der Waals surface area contributed by atoms with Crippen molar-refractivity contribution in [1.29, 1.82) is 0 Å². The zero-order chi connectivity index (χ0) is 10.1. The van der Waals surface area contributed by atoms with Crippen molar-refractivity contribution < 1.29 is 9.53 Å². The van der Waals surface area contributed by atoms with E-state index in [1.54, 1.807) is 0 Å². The lowest BCUT2D eigenvalue weighted by Gasteiger charge is -2.26. The summed E-state index contributed by atoms with van der Waals surface area (Å²) in [5, 5.41) is 0. The molecule has 0 aromatic carbocycles. The molecule has 76 valence electrons. The van der Waals surface area contributed by atoms with Crippen LogP contribution in [-0.4, -0.2) is 12.1 Å². The molecule has 0 radical (unpaired) electrons. The third-order valence-corrected chi connectivity index (χ3v) is 2.48. The summed E-state index contributed by atoms with van der Waals surface area (Å²) in [6.07, 6.45) is 2.81. The van der Waals surface area contributed by atoms with Gasteiger partial charge in [0.25, 0.3) is 0 Å². The maximum atomic E-state index is 10.9. The zero-order valence-corrected chi connectivity index (χ0v) is 9.09. The van der Waals surface area contributed by atoms with Gasteiger partial charge < -0.3 is 4.74 Å². The van der Waals surface area contributed by atoms with E-state index in [0.717, 1.165) is 12.8 Å². The Labute approximate surface area is 80.7 Å². The normalized spacial score (nSPS) is 25.8. The van der Waals surface area contributed by atoms with Crippen LogP contribution in [0, 0.1) is 11.3 Å². The maximum Gasteiger partial charge on any atom is 0.306 e. The topological polar surface area (TPSA) is 26.3 Å². The summed E-state index contributed by atoms with van der Waals surface area (Å²) in [7, 11) is 0. The SMILES string of the molecule is CC(CC(C)(C)C)C1CCC(=O)O1. The predicted molar refractivity (Wildman–Crippen MR) is 52.4 cm³/mol. The Bertz CT molecular complexity index is 191. The third-order valence-electron chi connectivity index (χ3n) is 2.48. The first kappa shape index (κ1) is 10.6. The summed E-state index contributed by atoms with van der Waals surface area (Å²) in [6.45, 7) is 8.84. The summed E-state index contributed by atoms with van der Waals surface area (Å²) in [4.78, 5) is 10.9. The largest absolute Gasteiger partial charge is 0.462 e. The highest BCUT2D eigenvalue weighted by Crippen LogP contribution is 2.31. The lowest BCUT2D eigenvalue weighted by molar-refractivity contribution is -0.143. The van der Waals surface area contributed by atoms with Gasteiger partial charge in [0.2, 0.25) is 0 Å². The molecule has 0 aromatic heterocycles. The molecule has 0 N–H and O–H groups in total. The van der Waals surface area contributed by atoms with Crippen LogP contribution in [0.15, 0.2) is 0 Å². The first-order valence-corrected chi connectivity index (χ1v) is 5.08. The minimum atomic E-state index is -0.0224. The van der Waals surface area contributed by atoms with Crippen LogP contribution < -0.4 is 0 Å². The highest BCUT2D eigenvalue weighted by atomic mass is 16.5. The molecule has 0 spiro atoms. The highest BCUT2D eigenvalue weighted by molar-refractivity contribution is 5.71. The van der Waals surface area contributed by atoms with Crippen LogP contribution in [0.25, 0.3) is 0 Å². The van der Waals surface area contributed by atoms with E-state index in [0.29, 0.717) is 17.8 Å². The number of carbonyl (C=O) groups is 1. The van der Waals surface area contributed by atoms with E-state index in [2.05, 4.69) is 27.7 Å². The first-order valence-electron chi connectivity index (χ1n) is 5.08. The third kappa shape index (κ3) is 3.37. The van der Waals surface area contributed by atoms with Gasteiger partial charge in [-0.25, -0.2) is 0 Å². The lowest BCUT2D eigenvalue weighted by atomic mass is 9.82. The molecule has 1 aliphatic heterocycles. The van der Waals surface area contributed by atoms with Crippen molar-refractivity contribution >= 4 is 5.97 Å². The molecule has 2 unspecified atom stereocenters. The monoisotopic (exact) mass is 184 g/mol. The van der Waals surface area contributed by atoms with Crippen molar-refractivity contribution in [2.24, 2.45) is 11.3 Å². The van der Waals surface area contributed by atoms with Crippen LogP contribution in [0.4, 0.5) is 0 Å². The molecule has 0 aromatic rings. The molecule has 2 atom stereocenters. The smallest absolute Gasteiger partial charge is 0.306 e. The van der Waals surface area contributed by atoms with Gasteiger partial charge >= 0.3 is 5.97 Å². The van der Waals surface area contributed by atoms with E-state index >= 15 is 0 Å². The zero-order valence-electron chi connectivity index (χ0n) is 9.09. The number of hydrogen-bond acceptors (Lipinski definition) is 2. The minimum absolute atomic E-state index is 0.0224. The molecular formula is C11H20O2. The molecule has 0 aliphatic carbocycles. The van der Waals surface area contributed by atoms with Crippen LogP contribution >= 0.6 is 0 Å². The van der Waals surface area contributed by atoms with Gasteiger partial charge in [0, 0.05) is 6.42 Å². The van der Waals surface area contributed by atoms with Gasteiger partial charge in [0.1, 0.15) is 6.10 Å². The van der Waals surface area contributed by atoms with Crippen molar-refractivity contribution in [3.8, 4) is 0 Å². The van der Waals surface area contributed by atoms with Crippen LogP contribution in [0.3, 0.4) is 0 Å². The Morgan fingerprint density at radius 3 is 2.54 bits per heavy atom. The van der Waals surface area contributed by atoms with E-state index in [1.165, 1.54) is 0 Å². The van der Waals surface area contributed by atoms with Crippen molar-refractivity contribution in [2.75, 3.05) is 0 Å². The van der Waals surface area contributed by atoms with Crippen LogP contribution in [0.5, 0.6) is 0 Å². The average Bonchev–Trinajstić information content (AvgIpc) is 2.31. The molecule has 2 nitrogen and oxygen atoms in total. The number of carbonyl (C=O) groups excluding carboxylic acids is 1. The summed E-state index contributed by atoms with van der Waals surface area (Å²) < 4.78 is 5.23. The highest BCUT2D eigenvalue weighted by Gasteiger charge is 2.30. The Morgan fingerprint density at radius 2 is 2.15 bits per heavy atom. The second-order valence-electron chi connectivity index (χ2n) is 5.31. The quantitative estimate of drug-likeness (QED) is 0.617. The second kappa shape index (κ2) is 3.69. The fourth-order valence-electron chi connectivity index (χ4n) is 2.04. The molecule has 0 amide bonds. The van der Waals surface area contributed by atoms with Gasteiger partial charge in [-0.2, -0.15) is 0 Å². The van der Waals surface area contributed by atoms with Gasteiger partial charge in [-0.1, -0.05) is 27.7 Å². The molecule has 1 saturated heterocycles. The second-order valence-corrected chi connectivity index (χ2v) is 5.31. The Kier molecular flexibility index (Phi) is 2.99. The first-order chi connectivity index (χ1) is 5.88. The van der Waals surface area contributed by atoms with Gasteiger partial charge in [0.05, 0.1) is 0 Å². The van der Waals surface area contributed by atoms with Crippen LogP contribution in [0.2, 0.25) is 0 Å². The average molecular weight is 184 g/mol. The Hall–Kier alpha value is -0.530. The van der Waals surface area contributed by atoms with Crippen molar-refractivity contribution in [1.82, 2.24) is 0 Å². The Balaban J connectivity index is 2.40. The molecule has 2 heteroatoms. The van der Waals surface area contributed by atoms with E-state index in [4.69, 9.17) is 4.74 Å². The lowest BCUT2D eigenvalue weighted by Crippen LogP contribution is -2.22. The fraction of sp³-hybridized carbons (Fsp3) is 0.909. The number of rotatable bonds is 2. The maximum absolute atomic E-state index is 10.9. The summed E-state index contributed by atoms with van der Waals surface area (Å²) >= 11 is 0. The molecule has 1 fully saturated rings. The summed E-state index contributed by atoms with van der Waals surface area (Å²) in [5.41, 5.74) is 0.328. The summed E-state index contributed by atoms with van der Waals surface area (Å²) in [5.74, 6) is 0.470. The van der Waals surface area contributed by atoms with Crippen molar-refractivity contribution in [2.45, 2.75) is 53.1 Å². The molecule has 13 heavy (non-hydrogen) atoms. The number of ether oxygens (including phenoxy) is 1. The van der Waals surface area contributed by atoms with Gasteiger partial charge in [-0.3, -0.25) is 4.79 Å². The van der Waals surface area contributed by atoms with E-state index in [-0.39, 0.29) is 12.1 Å². The van der Waals surface area contributed by atoms with E-state index in [9.17, 15) is 4.79 Å². The van der Waals surface area contributed by atoms with Crippen LogP contribution in [0.1, 0.15) is 47.0 Å². The van der Waals surface area contributed by atoms with Crippen LogP contribution in [-0.2, 0) is 9.53 Å². The van der Waals surface area contributed by atoms with Crippen molar-refractivity contribution in [3.63, 3.8) is 0 Å². The van der Waals surface area contributed by atoms with Gasteiger partial charge in [-0.15, -0.1) is 0 Å². The van der Waals surface area contributed by atoms with E-state index < -0.39 is 0 Å². The number of esters is 1. The summed E-state index contributed by atoms with van der Waals surface area (Å²) in [6, 6.07) is 0. The molecule has 1 heterocycles. The van der Waals surface area contributed by atoms with Gasteiger partial charge in [-0.05, 0) is 24.2 Å². The Morgan fingerprint density at radius 1 is 1.54 bits per heavy atom.